The predicted octanol–water partition coefficient (Wildman–Crippen LogP) is 2.39. The normalized spacial score (nSPS) is 17.2. The summed E-state index contributed by atoms with van der Waals surface area (Å²) in [5.41, 5.74) is 8.42. The second kappa shape index (κ2) is 6.37. The Labute approximate surface area is 125 Å². The lowest BCUT2D eigenvalue weighted by atomic mass is 10.1. The van der Waals surface area contributed by atoms with Crippen molar-refractivity contribution in [2.24, 2.45) is 5.73 Å². The van der Waals surface area contributed by atoms with Crippen molar-refractivity contribution in [3.05, 3.63) is 35.7 Å². The van der Waals surface area contributed by atoms with Crippen LogP contribution in [-0.2, 0) is 6.42 Å². The predicted molar refractivity (Wildman–Crippen MR) is 81.7 cm³/mol. The van der Waals surface area contributed by atoms with Gasteiger partial charge in [-0.15, -0.1) is 0 Å². The van der Waals surface area contributed by atoms with Gasteiger partial charge in [-0.1, -0.05) is 24.2 Å². The van der Waals surface area contributed by atoms with Gasteiger partial charge in [0, 0.05) is 12.1 Å². The second-order valence-corrected chi connectivity index (χ2v) is 5.62. The molecule has 0 bridgehead atoms. The van der Waals surface area contributed by atoms with Crippen LogP contribution in [0, 0.1) is 0 Å². The van der Waals surface area contributed by atoms with Crippen LogP contribution in [0.3, 0.4) is 0 Å². The third-order valence-corrected chi connectivity index (χ3v) is 4.04. The van der Waals surface area contributed by atoms with Crippen LogP contribution in [0.5, 0.6) is 0 Å². The van der Waals surface area contributed by atoms with Crippen molar-refractivity contribution in [2.75, 3.05) is 19.6 Å². The van der Waals surface area contributed by atoms with Crippen molar-refractivity contribution in [3.63, 3.8) is 0 Å². The molecule has 1 aromatic heterocycles. The van der Waals surface area contributed by atoms with Gasteiger partial charge in [0.2, 0.25) is 0 Å². The first-order valence-corrected chi connectivity index (χ1v) is 7.67. The first-order valence-electron chi connectivity index (χ1n) is 7.67. The first-order chi connectivity index (χ1) is 10.3. The molecule has 3 rings (SSSR count). The summed E-state index contributed by atoms with van der Waals surface area (Å²) in [6, 6.07) is 8.02. The number of hydrogen-bond donors (Lipinski definition) is 1. The summed E-state index contributed by atoms with van der Waals surface area (Å²) in [5.74, 6) is 1.14. The van der Waals surface area contributed by atoms with Crippen LogP contribution in [0.2, 0.25) is 0 Å². The molecule has 0 saturated carbocycles. The van der Waals surface area contributed by atoms with E-state index in [-0.39, 0.29) is 6.04 Å². The Morgan fingerprint density at radius 2 is 1.95 bits per heavy atom. The highest BCUT2D eigenvalue weighted by Crippen LogP contribution is 2.20. The van der Waals surface area contributed by atoms with Crippen LogP contribution >= 0.6 is 0 Å². The van der Waals surface area contributed by atoms with Gasteiger partial charge in [0.1, 0.15) is 0 Å². The van der Waals surface area contributed by atoms with Crippen LogP contribution in [0.4, 0.5) is 0 Å². The van der Waals surface area contributed by atoms with Crippen molar-refractivity contribution in [3.8, 4) is 11.5 Å². The van der Waals surface area contributed by atoms with E-state index in [0.717, 1.165) is 31.6 Å². The van der Waals surface area contributed by atoms with Gasteiger partial charge < -0.3 is 15.2 Å². The van der Waals surface area contributed by atoms with Gasteiger partial charge in [-0.2, -0.15) is 4.98 Å². The maximum Gasteiger partial charge on any atom is 0.257 e. The molecule has 2 heterocycles. The van der Waals surface area contributed by atoms with Crippen LogP contribution in [0.1, 0.15) is 37.2 Å². The summed E-state index contributed by atoms with van der Waals surface area (Å²) in [4.78, 5) is 6.81. The number of aryl methyl sites for hydroxylation is 1. The molecule has 0 amide bonds. The fourth-order valence-electron chi connectivity index (χ4n) is 2.71. The van der Waals surface area contributed by atoms with E-state index in [1.165, 1.54) is 18.4 Å². The SMILES string of the molecule is CCc1ccc(-c2nc(C(N)CN3CCCC3)no2)cc1. The minimum atomic E-state index is -0.185. The van der Waals surface area contributed by atoms with Crippen LogP contribution in [-0.4, -0.2) is 34.7 Å². The molecule has 1 aromatic carbocycles. The lowest BCUT2D eigenvalue weighted by Crippen LogP contribution is -2.30. The Morgan fingerprint density at radius 3 is 2.62 bits per heavy atom. The van der Waals surface area contributed by atoms with E-state index in [4.69, 9.17) is 10.3 Å². The zero-order valence-electron chi connectivity index (χ0n) is 12.5. The van der Waals surface area contributed by atoms with E-state index in [0.29, 0.717) is 11.7 Å². The van der Waals surface area contributed by atoms with E-state index in [1.54, 1.807) is 0 Å². The molecule has 1 saturated heterocycles. The van der Waals surface area contributed by atoms with Gasteiger partial charge in [-0.05, 0) is 50.0 Å². The number of likely N-dealkylation sites (tertiary alicyclic amines) is 1. The van der Waals surface area contributed by atoms with Crippen LogP contribution in [0.15, 0.2) is 28.8 Å². The molecule has 2 aromatic rings. The summed E-state index contributed by atoms with van der Waals surface area (Å²) in [7, 11) is 0. The van der Waals surface area contributed by atoms with E-state index < -0.39 is 0 Å². The number of benzene rings is 1. The molecule has 112 valence electrons. The molecule has 1 unspecified atom stereocenters. The molecule has 1 fully saturated rings. The maximum atomic E-state index is 6.19. The number of hydrogen-bond acceptors (Lipinski definition) is 5. The molecule has 0 radical (unpaired) electrons. The molecule has 0 spiro atoms. The van der Waals surface area contributed by atoms with E-state index in [9.17, 15) is 0 Å². The van der Waals surface area contributed by atoms with Gasteiger partial charge in [0.05, 0.1) is 6.04 Å². The van der Waals surface area contributed by atoms with E-state index in [1.807, 2.05) is 12.1 Å². The minimum Gasteiger partial charge on any atom is -0.334 e. The highest BCUT2D eigenvalue weighted by Gasteiger charge is 2.20. The van der Waals surface area contributed by atoms with Crippen LogP contribution < -0.4 is 5.73 Å². The topological polar surface area (TPSA) is 68.2 Å². The Bertz CT molecular complexity index is 572. The summed E-state index contributed by atoms with van der Waals surface area (Å²) < 4.78 is 5.35. The Kier molecular flexibility index (Phi) is 4.31. The van der Waals surface area contributed by atoms with Crippen molar-refractivity contribution in [1.29, 1.82) is 0 Å². The molecule has 5 nitrogen and oxygen atoms in total. The lowest BCUT2D eigenvalue weighted by molar-refractivity contribution is 0.306. The molecule has 1 aliphatic rings. The van der Waals surface area contributed by atoms with E-state index >= 15 is 0 Å². The summed E-state index contributed by atoms with van der Waals surface area (Å²) in [5, 5.41) is 4.04. The molecule has 1 atom stereocenters. The zero-order valence-corrected chi connectivity index (χ0v) is 12.5. The minimum absolute atomic E-state index is 0.185. The molecule has 1 aliphatic heterocycles. The fourth-order valence-corrected chi connectivity index (χ4v) is 2.71. The van der Waals surface area contributed by atoms with Gasteiger partial charge in [0.25, 0.3) is 5.89 Å². The number of nitrogens with two attached hydrogens (primary N) is 1. The van der Waals surface area contributed by atoms with Gasteiger partial charge in [-0.3, -0.25) is 0 Å². The quantitative estimate of drug-likeness (QED) is 0.914. The molecule has 5 heteroatoms. The number of nitrogens with zero attached hydrogens (tertiary/aromatic N) is 3. The fraction of sp³-hybridized carbons (Fsp3) is 0.500. The highest BCUT2D eigenvalue weighted by atomic mass is 16.5. The van der Waals surface area contributed by atoms with Crippen molar-refractivity contribution in [1.82, 2.24) is 15.0 Å². The number of aromatic nitrogens is 2. The smallest absolute Gasteiger partial charge is 0.257 e. The summed E-state index contributed by atoms with van der Waals surface area (Å²) in [6.45, 7) is 5.18. The standard InChI is InChI=1S/C16H22N4O/c1-2-12-5-7-13(8-6-12)16-18-15(19-21-16)14(17)11-20-9-3-4-10-20/h5-8,14H,2-4,9-11,17H2,1H3. The molecule has 2 N–H and O–H groups in total. The third kappa shape index (κ3) is 3.31. The monoisotopic (exact) mass is 286 g/mol. The van der Waals surface area contributed by atoms with E-state index in [2.05, 4.69) is 34.1 Å². The maximum absolute atomic E-state index is 6.19. The Hall–Kier alpha value is -1.72. The van der Waals surface area contributed by atoms with Crippen molar-refractivity contribution < 1.29 is 4.52 Å². The average Bonchev–Trinajstić information content (AvgIpc) is 3.18. The van der Waals surface area contributed by atoms with Gasteiger partial charge in [0.15, 0.2) is 5.82 Å². The highest BCUT2D eigenvalue weighted by molar-refractivity contribution is 5.53. The third-order valence-electron chi connectivity index (χ3n) is 4.04. The molecular weight excluding hydrogens is 264 g/mol. The van der Waals surface area contributed by atoms with Crippen molar-refractivity contribution >= 4 is 0 Å². The second-order valence-electron chi connectivity index (χ2n) is 5.62. The zero-order chi connectivity index (χ0) is 14.7. The largest absolute Gasteiger partial charge is 0.334 e. The Balaban J connectivity index is 1.69. The number of rotatable bonds is 5. The molecular formula is C16H22N4O. The van der Waals surface area contributed by atoms with Gasteiger partial charge in [-0.25, -0.2) is 0 Å². The summed E-state index contributed by atoms with van der Waals surface area (Å²) >= 11 is 0. The van der Waals surface area contributed by atoms with Crippen LogP contribution in [0.25, 0.3) is 11.5 Å². The molecule has 21 heavy (non-hydrogen) atoms. The lowest BCUT2D eigenvalue weighted by Gasteiger charge is -2.17. The first kappa shape index (κ1) is 14.2. The molecule has 0 aliphatic carbocycles. The van der Waals surface area contributed by atoms with Crippen molar-refractivity contribution in [2.45, 2.75) is 32.2 Å². The summed E-state index contributed by atoms with van der Waals surface area (Å²) in [6.07, 6.45) is 3.54. The average molecular weight is 286 g/mol. The van der Waals surface area contributed by atoms with Gasteiger partial charge >= 0.3 is 0 Å². The Morgan fingerprint density at radius 1 is 1.24 bits per heavy atom.